The highest BCUT2D eigenvalue weighted by atomic mass is 32.1. The molecule has 1 aromatic heterocycles. The number of benzene rings is 1. The van der Waals surface area contributed by atoms with Gasteiger partial charge in [0.1, 0.15) is 29.7 Å². The summed E-state index contributed by atoms with van der Waals surface area (Å²) in [7, 11) is 1.96. The van der Waals surface area contributed by atoms with Gasteiger partial charge in [-0.25, -0.2) is 4.39 Å². The summed E-state index contributed by atoms with van der Waals surface area (Å²) in [5, 5.41) is 5.31. The Balaban J connectivity index is 0.00000380. The first kappa shape index (κ1) is 27.0. The Kier molecular flexibility index (Phi) is 9.04. The third-order valence-electron chi connectivity index (χ3n) is 7.40. The highest BCUT2D eigenvalue weighted by Gasteiger charge is 2.52. The van der Waals surface area contributed by atoms with Gasteiger partial charge in [0.2, 0.25) is 0 Å². The third-order valence-corrected chi connectivity index (χ3v) is 8.36. The van der Waals surface area contributed by atoms with Gasteiger partial charge in [0.05, 0.1) is 6.54 Å². The van der Waals surface area contributed by atoms with E-state index in [1.165, 1.54) is 4.88 Å². The molecule has 0 saturated carbocycles. The van der Waals surface area contributed by atoms with Crippen molar-refractivity contribution in [3.63, 3.8) is 0 Å². The van der Waals surface area contributed by atoms with Crippen LogP contribution in [-0.4, -0.2) is 79.4 Å². The maximum atomic E-state index is 15.6. The first-order valence-electron chi connectivity index (χ1n) is 13.1. The monoisotopic (exact) mass is 519 g/mol. The number of piperidine rings is 1. The van der Waals surface area contributed by atoms with E-state index in [-0.39, 0.29) is 19.5 Å². The molecule has 1 aromatic carbocycles. The normalized spacial score (nSPS) is 26.1. The molecule has 0 unspecified atom stereocenters. The van der Waals surface area contributed by atoms with E-state index in [1.807, 2.05) is 39.1 Å². The molecule has 2 fully saturated rings. The number of ether oxygens (including phenoxy) is 2. The maximum absolute atomic E-state index is 15.6. The van der Waals surface area contributed by atoms with Crippen LogP contribution in [-0.2, 0) is 16.0 Å². The molecule has 2 saturated heterocycles. The zero-order valence-electron chi connectivity index (χ0n) is 21.9. The topological polar surface area (TPSA) is 54.0 Å². The van der Waals surface area contributed by atoms with Gasteiger partial charge in [-0.15, -0.1) is 11.3 Å². The molecule has 4 rings (SSSR count). The van der Waals surface area contributed by atoms with Gasteiger partial charge in [-0.05, 0) is 70.3 Å². The minimum Gasteiger partial charge on any atom is -0.485 e. The van der Waals surface area contributed by atoms with Crippen LogP contribution in [0.3, 0.4) is 0 Å². The number of hydrogen-bond acceptors (Lipinski definition) is 6. The van der Waals surface area contributed by atoms with E-state index in [2.05, 4.69) is 33.8 Å². The van der Waals surface area contributed by atoms with Crippen LogP contribution < -0.4 is 10.1 Å². The Morgan fingerprint density at radius 1 is 1.31 bits per heavy atom. The number of alkyl halides is 1. The van der Waals surface area contributed by atoms with E-state index in [0.29, 0.717) is 19.5 Å². The molecule has 0 radical (unpaired) electrons. The molecule has 0 bridgehead atoms. The van der Waals surface area contributed by atoms with Crippen LogP contribution >= 0.6 is 11.3 Å². The maximum Gasteiger partial charge on any atom is 0.251 e. The van der Waals surface area contributed by atoms with Gasteiger partial charge in [-0.3, -0.25) is 9.69 Å². The van der Waals surface area contributed by atoms with Crippen molar-refractivity contribution in [2.75, 3.05) is 39.8 Å². The highest BCUT2D eigenvalue weighted by Crippen LogP contribution is 2.36. The Morgan fingerprint density at radius 2 is 2.11 bits per heavy atom. The lowest BCUT2D eigenvalue weighted by Gasteiger charge is -2.51. The van der Waals surface area contributed by atoms with Gasteiger partial charge in [0.15, 0.2) is 0 Å². The van der Waals surface area contributed by atoms with E-state index in [9.17, 15) is 4.79 Å². The van der Waals surface area contributed by atoms with Crippen LogP contribution in [0.15, 0.2) is 41.8 Å². The molecule has 1 amide bonds. The second-order valence-corrected chi connectivity index (χ2v) is 11.3. The fraction of sp³-hybridized carbons (Fsp3) is 0.607. The molecular formula is C28H42FN3O3S. The molecule has 2 aliphatic heterocycles. The molecule has 1 N–H and O–H groups in total. The second-order valence-electron chi connectivity index (χ2n) is 10.3. The molecule has 3 heterocycles. The van der Waals surface area contributed by atoms with Crippen molar-refractivity contribution < 1.29 is 20.1 Å². The molecule has 8 heteroatoms. The van der Waals surface area contributed by atoms with Crippen LogP contribution in [0.2, 0.25) is 0 Å². The number of rotatable bonds is 10. The first-order chi connectivity index (χ1) is 17.3. The average Bonchev–Trinajstić information content (AvgIpc) is 3.40. The molecule has 2 aromatic rings. The lowest BCUT2D eigenvalue weighted by atomic mass is 9.86. The summed E-state index contributed by atoms with van der Waals surface area (Å²) in [5.41, 5.74) is 0.231. The molecule has 0 aliphatic carbocycles. The van der Waals surface area contributed by atoms with Gasteiger partial charge in [0, 0.05) is 38.4 Å². The van der Waals surface area contributed by atoms with E-state index in [1.54, 1.807) is 23.2 Å². The Hall–Kier alpha value is -2.00. The number of carbonyl (C=O) groups excluding carboxylic acids is 1. The number of thiophene rings is 1. The predicted octanol–water partition coefficient (Wildman–Crippen LogP) is 4.70. The summed E-state index contributed by atoms with van der Waals surface area (Å²) < 4.78 is 28.2. The van der Waals surface area contributed by atoms with Gasteiger partial charge in [-0.1, -0.05) is 24.3 Å². The van der Waals surface area contributed by atoms with Gasteiger partial charge in [0.25, 0.3) is 5.91 Å². The highest BCUT2D eigenvalue weighted by molar-refractivity contribution is 7.10. The molecular weight excluding hydrogens is 477 g/mol. The predicted molar refractivity (Wildman–Crippen MR) is 145 cm³/mol. The lowest BCUT2D eigenvalue weighted by Crippen LogP contribution is -2.67. The smallest absolute Gasteiger partial charge is 0.251 e. The number of nitrogens with zero attached hydrogens (tertiary/aromatic N) is 2. The van der Waals surface area contributed by atoms with Crippen molar-refractivity contribution in [1.82, 2.24) is 15.1 Å². The molecule has 200 valence electrons. The zero-order valence-corrected chi connectivity index (χ0v) is 22.7. The van der Waals surface area contributed by atoms with Crippen LogP contribution in [0.4, 0.5) is 4.39 Å². The van der Waals surface area contributed by atoms with Gasteiger partial charge < -0.3 is 19.7 Å². The van der Waals surface area contributed by atoms with Crippen LogP contribution in [0, 0.1) is 0 Å². The van der Waals surface area contributed by atoms with Gasteiger partial charge >= 0.3 is 0 Å². The van der Waals surface area contributed by atoms with Crippen molar-refractivity contribution in [1.29, 1.82) is 0 Å². The minimum absolute atomic E-state index is 0. The van der Waals surface area contributed by atoms with Crippen LogP contribution in [0.1, 0.15) is 51.6 Å². The van der Waals surface area contributed by atoms with Crippen molar-refractivity contribution in [2.45, 2.75) is 70.1 Å². The van der Waals surface area contributed by atoms with Crippen molar-refractivity contribution in [3.05, 3.63) is 52.2 Å². The van der Waals surface area contributed by atoms with Crippen molar-refractivity contribution in [3.8, 4) is 5.75 Å². The second kappa shape index (κ2) is 12.0. The standard InChI is InChI=1S/C28H40FN3O3S.H2/c1-20(2)32-19-28(35-21(3)27(32)33)13-16-31(18-26(28)29)15-12-22-8-5-6-9-23(22)34-24(11-14-30-4)25-10-7-17-36-25;/h5-10,17,20-21,24,26,30H,11-16,18-19H2,1-4H3;1H/t21-,24-,26+,28-;/m1./s1. The third kappa shape index (κ3) is 6.10. The summed E-state index contributed by atoms with van der Waals surface area (Å²) in [6, 6.07) is 12.4. The SMILES string of the molecule is CNCC[C@@H](Oc1ccccc1CCN1CC[C@@]2(CN(C(C)C)C(=O)[C@@H](C)O2)[C@@H](F)C1)c1cccs1.[HH]. The number of halogens is 1. The van der Waals surface area contributed by atoms with Crippen molar-refractivity contribution >= 4 is 17.2 Å². The van der Waals surface area contributed by atoms with Gasteiger partial charge in [-0.2, -0.15) is 0 Å². The quantitative estimate of drug-likeness (QED) is 0.493. The van der Waals surface area contributed by atoms with Crippen LogP contribution in [0.25, 0.3) is 0 Å². The van der Waals surface area contributed by atoms with E-state index in [0.717, 1.165) is 43.8 Å². The van der Waals surface area contributed by atoms with E-state index in [4.69, 9.17) is 9.47 Å². The fourth-order valence-corrected chi connectivity index (χ4v) is 6.03. The lowest BCUT2D eigenvalue weighted by molar-refractivity contribution is -0.209. The summed E-state index contributed by atoms with van der Waals surface area (Å²) in [6.45, 7) is 8.72. The molecule has 6 nitrogen and oxygen atoms in total. The molecule has 4 atom stereocenters. The number of likely N-dealkylation sites (tertiary alicyclic amines) is 1. The minimum atomic E-state index is -1.14. The van der Waals surface area contributed by atoms with Crippen molar-refractivity contribution in [2.24, 2.45) is 0 Å². The molecule has 2 aliphatic rings. The zero-order chi connectivity index (χ0) is 25.7. The first-order valence-corrected chi connectivity index (χ1v) is 14.0. The largest absolute Gasteiger partial charge is 0.485 e. The molecule has 36 heavy (non-hydrogen) atoms. The summed E-state index contributed by atoms with van der Waals surface area (Å²) in [4.78, 5) is 17.7. The number of hydrogen-bond donors (Lipinski definition) is 1. The Bertz CT molecular complexity index is 995. The van der Waals surface area contributed by atoms with E-state index < -0.39 is 17.9 Å². The Morgan fingerprint density at radius 3 is 2.81 bits per heavy atom. The number of amides is 1. The number of carbonyl (C=O) groups is 1. The summed E-state index contributed by atoms with van der Waals surface area (Å²) in [5.74, 6) is 0.852. The summed E-state index contributed by atoms with van der Waals surface area (Å²) in [6.07, 6.45) is 0.510. The van der Waals surface area contributed by atoms with Crippen LogP contribution in [0.5, 0.6) is 5.75 Å². The molecule has 1 spiro atoms. The fourth-order valence-electron chi connectivity index (χ4n) is 5.25. The Labute approximate surface area is 220 Å². The summed E-state index contributed by atoms with van der Waals surface area (Å²) >= 11 is 1.72. The number of morpholine rings is 1. The average molecular weight is 520 g/mol. The number of nitrogens with one attached hydrogen (secondary N) is 1. The van der Waals surface area contributed by atoms with E-state index >= 15 is 4.39 Å². The number of para-hydroxylation sites is 1.